The minimum Gasteiger partial charge on any atom is -0.433 e. The van der Waals surface area contributed by atoms with Gasteiger partial charge in [0.15, 0.2) is 11.6 Å². The maximum Gasteiger partial charge on any atom is 0.387 e. The third-order valence-electron chi connectivity index (χ3n) is 2.57. The maximum atomic E-state index is 13.0. The van der Waals surface area contributed by atoms with Crippen LogP contribution in [0.1, 0.15) is 5.56 Å². The van der Waals surface area contributed by atoms with Gasteiger partial charge in [0, 0.05) is 6.54 Å². The van der Waals surface area contributed by atoms with Crippen LogP contribution in [0.5, 0.6) is 5.75 Å². The fourth-order valence-electron chi connectivity index (χ4n) is 1.66. The van der Waals surface area contributed by atoms with Crippen molar-refractivity contribution in [2.45, 2.75) is 13.2 Å². The molecule has 2 nitrogen and oxygen atoms in total. The summed E-state index contributed by atoms with van der Waals surface area (Å²) < 4.78 is 54.6. The smallest absolute Gasteiger partial charge is 0.387 e. The van der Waals surface area contributed by atoms with Crippen molar-refractivity contribution in [2.75, 3.05) is 5.32 Å². The monoisotopic (exact) mass is 285 g/mol. The van der Waals surface area contributed by atoms with Crippen LogP contribution in [0, 0.1) is 11.6 Å². The summed E-state index contributed by atoms with van der Waals surface area (Å²) in [5.74, 6) is -1.90. The number of halogens is 4. The second kappa shape index (κ2) is 6.27. The fourth-order valence-corrected chi connectivity index (χ4v) is 1.66. The molecule has 0 heterocycles. The third-order valence-corrected chi connectivity index (χ3v) is 2.57. The zero-order valence-corrected chi connectivity index (χ0v) is 10.2. The Kier molecular flexibility index (Phi) is 4.45. The highest BCUT2D eigenvalue weighted by Gasteiger charge is 2.09. The van der Waals surface area contributed by atoms with Crippen molar-refractivity contribution < 1.29 is 22.3 Å². The lowest BCUT2D eigenvalue weighted by Gasteiger charge is -2.12. The number of alkyl halides is 2. The molecule has 0 aliphatic rings. The highest BCUT2D eigenvalue weighted by Crippen LogP contribution is 2.26. The molecule has 0 radical (unpaired) electrons. The van der Waals surface area contributed by atoms with Crippen molar-refractivity contribution in [1.82, 2.24) is 0 Å². The lowest BCUT2D eigenvalue weighted by atomic mass is 10.2. The van der Waals surface area contributed by atoms with Crippen LogP contribution in [0.3, 0.4) is 0 Å². The zero-order chi connectivity index (χ0) is 14.5. The summed E-state index contributed by atoms with van der Waals surface area (Å²) >= 11 is 0. The van der Waals surface area contributed by atoms with Gasteiger partial charge in [-0.3, -0.25) is 0 Å². The van der Waals surface area contributed by atoms with Gasteiger partial charge < -0.3 is 10.1 Å². The van der Waals surface area contributed by atoms with Crippen molar-refractivity contribution in [3.05, 3.63) is 59.7 Å². The van der Waals surface area contributed by atoms with Gasteiger partial charge in [-0.05, 0) is 29.8 Å². The molecule has 0 saturated heterocycles. The van der Waals surface area contributed by atoms with Gasteiger partial charge in [0.25, 0.3) is 0 Å². The van der Waals surface area contributed by atoms with Crippen LogP contribution in [-0.2, 0) is 6.54 Å². The van der Waals surface area contributed by atoms with E-state index in [1.165, 1.54) is 12.1 Å². The summed E-state index contributed by atoms with van der Waals surface area (Å²) in [6.45, 7) is -2.78. The van der Waals surface area contributed by atoms with Gasteiger partial charge in [-0.25, -0.2) is 8.78 Å². The molecule has 20 heavy (non-hydrogen) atoms. The highest BCUT2D eigenvalue weighted by molar-refractivity contribution is 5.56. The van der Waals surface area contributed by atoms with E-state index in [0.29, 0.717) is 11.3 Å². The summed E-state index contributed by atoms with van der Waals surface area (Å²) in [6.07, 6.45) is 0. The van der Waals surface area contributed by atoms with E-state index in [4.69, 9.17) is 0 Å². The first-order chi connectivity index (χ1) is 9.56. The summed E-state index contributed by atoms with van der Waals surface area (Å²) in [6, 6.07) is 9.60. The largest absolute Gasteiger partial charge is 0.433 e. The van der Waals surface area contributed by atoms with Crippen molar-refractivity contribution in [2.24, 2.45) is 0 Å². The van der Waals surface area contributed by atoms with Crippen LogP contribution < -0.4 is 10.1 Å². The molecular formula is C14H11F4NO. The standard InChI is InChI=1S/C14H11F4NO/c15-10-6-5-9(7-11(10)16)8-19-12-3-1-2-4-13(12)20-14(17)18/h1-7,14,19H,8H2. The van der Waals surface area contributed by atoms with Gasteiger partial charge in [0.2, 0.25) is 0 Å². The molecule has 0 aliphatic heterocycles. The predicted molar refractivity (Wildman–Crippen MR) is 66.8 cm³/mol. The molecule has 1 N–H and O–H groups in total. The molecule has 0 aliphatic carbocycles. The van der Waals surface area contributed by atoms with Crippen molar-refractivity contribution in [1.29, 1.82) is 0 Å². The molecule has 0 bridgehead atoms. The van der Waals surface area contributed by atoms with E-state index in [-0.39, 0.29) is 12.3 Å². The Bertz CT molecular complexity index is 589. The molecular weight excluding hydrogens is 274 g/mol. The molecule has 0 atom stereocenters. The number of rotatable bonds is 5. The Morgan fingerprint density at radius 2 is 1.75 bits per heavy atom. The normalized spacial score (nSPS) is 10.7. The van der Waals surface area contributed by atoms with Gasteiger partial charge in [-0.2, -0.15) is 8.78 Å². The zero-order valence-electron chi connectivity index (χ0n) is 10.2. The lowest BCUT2D eigenvalue weighted by Crippen LogP contribution is -2.06. The van der Waals surface area contributed by atoms with E-state index in [0.717, 1.165) is 12.1 Å². The fraction of sp³-hybridized carbons (Fsp3) is 0.143. The lowest BCUT2D eigenvalue weighted by molar-refractivity contribution is -0.0493. The van der Waals surface area contributed by atoms with E-state index in [1.54, 1.807) is 18.2 Å². The van der Waals surface area contributed by atoms with E-state index in [1.807, 2.05) is 0 Å². The number of para-hydroxylation sites is 2. The van der Waals surface area contributed by atoms with Crippen LogP contribution in [0.4, 0.5) is 23.2 Å². The van der Waals surface area contributed by atoms with E-state index in [9.17, 15) is 17.6 Å². The first-order valence-corrected chi connectivity index (χ1v) is 5.78. The summed E-state index contributed by atoms with van der Waals surface area (Å²) in [5, 5.41) is 2.83. The van der Waals surface area contributed by atoms with Crippen molar-refractivity contribution in [3.8, 4) is 5.75 Å². The van der Waals surface area contributed by atoms with Crippen LogP contribution in [0.25, 0.3) is 0 Å². The van der Waals surface area contributed by atoms with Crippen LogP contribution in [0.15, 0.2) is 42.5 Å². The minimum absolute atomic E-state index is 0.00918. The Morgan fingerprint density at radius 1 is 1.00 bits per heavy atom. The molecule has 0 spiro atoms. The van der Waals surface area contributed by atoms with E-state index in [2.05, 4.69) is 10.1 Å². The maximum absolute atomic E-state index is 13.0. The van der Waals surface area contributed by atoms with Gasteiger partial charge in [0.1, 0.15) is 5.75 Å². The molecule has 0 aromatic heterocycles. The van der Waals surface area contributed by atoms with Gasteiger partial charge >= 0.3 is 6.61 Å². The van der Waals surface area contributed by atoms with Gasteiger partial charge in [-0.1, -0.05) is 18.2 Å². The van der Waals surface area contributed by atoms with Crippen LogP contribution in [-0.4, -0.2) is 6.61 Å². The number of hydrogen-bond acceptors (Lipinski definition) is 2. The SMILES string of the molecule is Fc1ccc(CNc2ccccc2OC(F)F)cc1F. The second-order valence-corrected chi connectivity index (χ2v) is 3.98. The Hall–Kier alpha value is -2.24. The average Bonchev–Trinajstić information content (AvgIpc) is 2.41. The first-order valence-electron chi connectivity index (χ1n) is 5.78. The molecule has 0 fully saturated rings. The predicted octanol–water partition coefficient (Wildman–Crippen LogP) is 4.18. The number of anilines is 1. The van der Waals surface area contributed by atoms with Gasteiger partial charge in [0.05, 0.1) is 5.69 Å². The van der Waals surface area contributed by atoms with Crippen LogP contribution >= 0.6 is 0 Å². The third kappa shape index (κ3) is 3.63. The number of benzene rings is 2. The quantitative estimate of drug-likeness (QED) is 0.832. The number of hydrogen-bond donors (Lipinski definition) is 1. The molecule has 2 aromatic rings. The molecule has 2 aromatic carbocycles. The number of nitrogens with one attached hydrogen (secondary N) is 1. The summed E-state index contributed by atoms with van der Waals surface area (Å²) in [7, 11) is 0. The Labute approximate surface area is 113 Å². The Balaban J connectivity index is 2.08. The Morgan fingerprint density at radius 3 is 2.45 bits per heavy atom. The van der Waals surface area contributed by atoms with Crippen molar-refractivity contribution in [3.63, 3.8) is 0 Å². The molecule has 6 heteroatoms. The molecule has 2 rings (SSSR count). The van der Waals surface area contributed by atoms with E-state index >= 15 is 0 Å². The number of ether oxygens (including phenoxy) is 1. The summed E-state index contributed by atoms with van der Waals surface area (Å²) in [5.41, 5.74) is 0.827. The highest BCUT2D eigenvalue weighted by atomic mass is 19.3. The summed E-state index contributed by atoms with van der Waals surface area (Å²) in [4.78, 5) is 0. The average molecular weight is 285 g/mol. The molecule has 106 valence electrons. The van der Waals surface area contributed by atoms with Crippen LogP contribution in [0.2, 0.25) is 0 Å². The topological polar surface area (TPSA) is 21.3 Å². The van der Waals surface area contributed by atoms with E-state index < -0.39 is 18.2 Å². The van der Waals surface area contributed by atoms with Gasteiger partial charge in [-0.15, -0.1) is 0 Å². The first kappa shape index (κ1) is 14.2. The minimum atomic E-state index is -2.93. The molecule has 0 unspecified atom stereocenters. The van der Waals surface area contributed by atoms with Crippen molar-refractivity contribution >= 4 is 5.69 Å². The second-order valence-electron chi connectivity index (χ2n) is 3.98. The molecule has 0 amide bonds. The molecule has 0 saturated carbocycles.